The molecular formula is C22H18O4. The number of hydrogen-bond donors (Lipinski definition) is 0. The molecule has 3 aromatic carbocycles. The number of carbonyl (C=O) groups excluding carboxylic acids is 2. The monoisotopic (exact) mass is 346 g/mol. The molecule has 0 N–H and O–H groups in total. The van der Waals surface area contributed by atoms with E-state index >= 15 is 0 Å². The molecule has 0 aliphatic carbocycles. The molecule has 0 atom stereocenters. The maximum absolute atomic E-state index is 12.4. The topological polar surface area (TPSA) is 52.6 Å². The fourth-order valence-electron chi connectivity index (χ4n) is 2.48. The molecule has 0 amide bonds. The molecular weight excluding hydrogens is 328 g/mol. The van der Waals surface area contributed by atoms with E-state index in [2.05, 4.69) is 0 Å². The third kappa shape index (κ3) is 4.16. The van der Waals surface area contributed by atoms with Crippen LogP contribution < -0.4 is 0 Å². The fourth-order valence-corrected chi connectivity index (χ4v) is 2.48. The normalized spacial score (nSPS) is 10.4. The molecule has 0 heterocycles. The molecule has 26 heavy (non-hydrogen) atoms. The average molecular weight is 346 g/mol. The lowest BCUT2D eigenvalue weighted by Gasteiger charge is -2.20. The maximum Gasteiger partial charge on any atom is 0.341 e. The highest BCUT2D eigenvalue weighted by Crippen LogP contribution is 2.25. The Morgan fingerprint density at radius 2 is 1.08 bits per heavy atom. The Hall–Kier alpha value is -3.40. The van der Waals surface area contributed by atoms with Crippen LogP contribution in [-0.4, -0.2) is 11.9 Å². The first-order valence-electron chi connectivity index (χ1n) is 8.23. The van der Waals surface area contributed by atoms with Gasteiger partial charge in [-0.3, -0.25) is 0 Å². The van der Waals surface area contributed by atoms with Gasteiger partial charge in [0.2, 0.25) is 0 Å². The summed E-state index contributed by atoms with van der Waals surface area (Å²) >= 11 is 0. The van der Waals surface area contributed by atoms with Crippen LogP contribution in [0.25, 0.3) is 0 Å². The molecule has 130 valence electrons. The van der Waals surface area contributed by atoms with Crippen LogP contribution in [0.4, 0.5) is 0 Å². The quantitative estimate of drug-likeness (QED) is 0.496. The van der Waals surface area contributed by atoms with Crippen LogP contribution in [0.15, 0.2) is 84.9 Å². The summed E-state index contributed by atoms with van der Waals surface area (Å²) in [6.45, 7) is 1.87. The number of carbonyl (C=O) groups is 2. The molecule has 0 spiro atoms. The van der Waals surface area contributed by atoms with Gasteiger partial charge in [-0.1, -0.05) is 60.7 Å². The van der Waals surface area contributed by atoms with Crippen molar-refractivity contribution in [3.05, 3.63) is 107 Å². The number of ether oxygens (including phenoxy) is 2. The second-order valence-corrected chi connectivity index (χ2v) is 5.73. The Morgan fingerprint density at radius 3 is 1.54 bits per heavy atom. The van der Waals surface area contributed by atoms with Gasteiger partial charge < -0.3 is 9.47 Å². The average Bonchev–Trinajstić information content (AvgIpc) is 2.69. The van der Waals surface area contributed by atoms with Gasteiger partial charge >= 0.3 is 11.9 Å². The van der Waals surface area contributed by atoms with Crippen molar-refractivity contribution in [1.82, 2.24) is 0 Å². The zero-order valence-electron chi connectivity index (χ0n) is 14.3. The third-order valence-electron chi connectivity index (χ3n) is 3.89. The number of hydrogen-bond acceptors (Lipinski definition) is 4. The van der Waals surface area contributed by atoms with Gasteiger partial charge in [-0.05, 0) is 36.8 Å². The number of aryl methyl sites for hydroxylation is 1. The first-order chi connectivity index (χ1) is 12.6. The summed E-state index contributed by atoms with van der Waals surface area (Å²) in [6.07, 6.45) is -1.13. The molecule has 0 unspecified atom stereocenters. The third-order valence-corrected chi connectivity index (χ3v) is 3.89. The molecule has 0 aliphatic rings. The molecule has 0 fully saturated rings. The highest BCUT2D eigenvalue weighted by Gasteiger charge is 2.24. The molecule has 0 saturated heterocycles. The molecule has 0 saturated carbocycles. The van der Waals surface area contributed by atoms with Crippen molar-refractivity contribution < 1.29 is 19.1 Å². The summed E-state index contributed by atoms with van der Waals surface area (Å²) in [7, 11) is 0. The Labute approximate surface area is 152 Å². The Balaban J connectivity index is 1.86. The molecule has 0 aliphatic heterocycles. The van der Waals surface area contributed by atoms with Gasteiger partial charge in [0.15, 0.2) is 0 Å². The number of rotatable bonds is 5. The van der Waals surface area contributed by atoms with Gasteiger partial charge in [0.25, 0.3) is 6.29 Å². The van der Waals surface area contributed by atoms with E-state index in [1.165, 1.54) is 0 Å². The minimum Gasteiger partial charge on any atom is -0.417 e. The molecule has 3 rings (SSSR count). The lowest BCUT2D eigenvalue weighted by Crippen LogP contribution is -2.19. The lowest BCUT2D eigenvalue weighted by molar-refractivity contribution is -0.0825. The first-order valence-corrected chi connectivity index (χ1v) is 8.23. The van der Waals surface area contributed by atoms with E-state index in [9.17, 15) is 9.59 Å². The van der Waals surface area contributed by atoms with E-state index < -0.39 is 18.2 Å². The van der Waals surface area contributed by atoms with Crippen molar-refractivity contribution in [2.45, 2.75) is 13.2 Å². The molecule has 0 radical (unpaired) electrons. The predicted molar refractivity (Wildman–Crippen MR) is 97.6 cm³/mol. The van der Waals surface area contributed by atoms with Crippen LogP contribution in [-0.2, 0) is 9.47 Å². The van der Waals surface area contributed by atoms with Crippen LogP contribution in [0, 0.1) is 6.92 Å². The highest BCUT2D eigenvalue weighted by atomic mass is 16.7. The Bertz CT molecular complexity index is 835. The van der Waals surface area contributed by atoms with Crippen LogP contribution in [0.2, 0.25) is 0 Å². The maximum atomic E-state index is 12.4. The van der Waals surface area contributed by atoms with Crippen molar-refractivity contribution in [2.75, 3.05) is 0 Å². The van der Waals surface area contributed by atoms with E-state index in [-0.39, 0.29) is 0 Å². The van der Waals surface area contributed by atoms with Gasteiger partial charge in [0.05, 0.1) is 11.1 Å². The Kier molecular flexibility index (Phi) is 5.44. The number of esters is 2. The summed E-state index contributed by atoms with van der Waals surface area (Å²) in [6, 6.07) is 24.5. The van der Waals surface area contributed by atoms with Gasteiger partial charge in [0.1, 0.15) is 0 Å². The van der Waals surface area contributed by atoms with Crippen molar-refractivity contribution in [3.63, 3.8) is 0 Å². The minimum absolute atomic E-state index is 0.391. The molecule has 4 heteroatoms. The smallest absolute Gasteiger partial charge is 0.341 e. The summed E-state index contributed by atoms with van der Waals surface area (Å²) in [5.74, 6) is -1.11. The van der Waals surface area contributed by atoms with Crippen LogP contribution in [0.3, 0.4) is 0 Å². The van der Waals surface area contributed by atoms with Crippen LogP contribution in [0.5, 0.6) is 0 Å². The second-order valence-electron chi connectivity index (χ2n) is 5.73. The predicted octanol–water partition coefficient (Wildman–Crippen LogP) is 4.71. The fraction of sp³-hybridized carbons (Fsp3) is 0.0909. The van der Waals surface area contributed by atoms with Gasteiger partial charge in [-0.25, -0.2) is 9.59 Å². The SMILES string of the molecule is Cc1ccccc1C(OC(=O)c1ccccc1)OC(=O)c1ccccc1. The van der Waals surface area contributed by atoms with Gasteiger partial charge in [-0.2, -0.15) is 0 Å². The zero-order chi connectivity index (χ0) is 18.4. The van der Waals surface area contributed by atoms with Crippen molar-refractivity contribution >= 4 is 11.9 Å². The van der Waals surface area contributed by atoms with Crippen LogP contribution in [0.1, 0.15) is 38.1 Å². The summed E-state index contributed by atoms with van der Waals surface area (Å²) in [5.41, 5.74) is 2.27. The number of benzene rings is 3. The zero-order valence-corrected chi connectivity index (χ0v) is 14.3. The lowest BCUT2D eigenvalue weighted by atomic mass is 10.1. The summed E-state index contributed by atoms with van der Waals surface area (Å²) in [5, 5.41) is 0. The van der Waals surface area contributed by atoms with Crippen LogP contribution >= 0.6 is 0 Å². The van der Waals surface area contributed by atoms with Crippen molar-refractivity contribution in [2.24, 2.45) is 0 Å². The largest absolute Gasteiger partial charge is 0.417 e. The standard InChI is InChI=1S/C22H18O4/c1-16-10-8-9-15-19(16)22(25-20(23)17-11-4-2-5-12-17)26-21(24)18-13-6-3-7-14-18/h2-15,22H,1H3. The van der Waals surface area contributed by atoms with E-state index in [0.717, 1.165) is 5.56 Å². The van der Waals surface area contributed by atoms with E-state index in [1.54, 1.807) is 54.6 Å². The molecule has 4 nitrogen and oxygen atoms in total. The second kappa shape index (κ2) is 8.12. The van der Waals surface area contributed by atoms with Crippen molar-refractivity contribution in [1.29, 1.82) is 0 Å². The minimum atomic E-state index is -1.13. The molecule has 3 aromatic rings. The van der Waals surface area contributed by atoms with E-state index in [1.807, 2.05) is 37.3 Å². The first kappa shape index (κ1) is 17.4. The van der Waals surface area contributed by atoms with Gasteiger partial charge in [0, 0.05) is 5.56 Å². The highest BCUT2D eigenvalue weighted by molar-refractivity contribution is 5.91. The Morgan fingerprint density at radius 1 is 0.654 bits per heavy atom. The summed E-state index contributed by atoms with van der Waals surface area (Å²) < 4.78 is 11.0. The molecule has 0 aromatic heterocycles. The molecule has 0 bridgehead atoms. The van der Waals surface area contributed by atoms with Crippen molar-refractivity contribution in [3.8, 4) is 0 Å². The van der Waals surface area contributed by atoms with E-state index in [4.69, 9.17) is 9.47 Å². The van der Waals surface area contributed by atoms with Gasteiger partial charge in [-0.15, -0.1) is 0 Å². The van der Waals surface area contributed by atoms with E-state index in [0.29, 0.717) is 16.7 Å². The summed E-state index contributed by atoms with van der Waals surface area (Å²) in [4.78, 5) is 24.9.